The van der Waals surface area contributed by atoms with Crippen molar-refractivity contribution in [3.63, 3.8) is 0 Å². The molecule has 1 heterocycles. The number of benzene rings is 2. The minimum Gasteiger partial charge on any atom is -0.296 e. The summed E-state index contributed by atoms with van der Waals surface area (Å²) in [5.41, 5.74) is 4.44. The Bertz CT molecular complexity index is 1150. The number of halogens is 2. The third-order valence-electron chi connectivity index (χ3n) is 4.37. The maximum atomic E-state index is 11.6. The Labute approximate surface area is 179 Å². The van der Waals surface area contributed by atoms with Gasteiger partial charge >= 0.3 is 0 Å². The first-order valence-corrected chi connectivity index (χ1v) is 9.83. The van der Waals surface area contributed by atoms with E-state index in [1.807, 2.05) is 31.2 Å². The van der Waals surface area contributed by atoms with Crippen LogP contribution in [0, 0.1) is 23.2 Å². The number of hydrogen-bond acceptors (Lipinski definition) is 3. The molecular weight excluding hydrogens is 405 g/mol. The van der Waals surface area contributed by atoms with E-state index in [2.05, 4.69) is 23.0 Å². The molecule has 29 heavy (non-hydrogen) atoms. The fraction of sp³-hybridized carbons (Fsp3) is 0.174. The fourth-order valence-corrected chi connectivity index (χ4v) is 3.52. The van der Waals surface area contributed by atoms with Gasteiger partial charge in [0.25, 0.3) is 0 Å². The predicted octanol–water partition coefficient (Wildman–Crippen LogP) is 5.88. The molecule has 6 heteroatoms. The van der Waals surface area contributed by atoms with Crippen molar-refractivity contribution in [3.05, 3.63) is 69.3 Å². The van der Waals surface area contributed by atoms with Crippen LogP contribution in [0.4, 0.5) is 0 Å². The van der Waals surface area contributed by atoms with E-state index >= 15 is 0 Å². The number of nitriles is 1. The molecular formula is C23H17Cl2N3O. The van der Waals surface area contributed by atoms with Crippen molar-refractivity contribution in [3.8, 4) is 34.9 Å². The zero-order chi connectivity index (χ0) is 20.8. The van der Waals surface area contributed by atoms with Crippen LogP contribution in [-0.4, -0.2) is 16.1 Å². The van der Waals surface area contributed by atoms with Crippen molar-refractivity contribution >= 4 is 29.5 Å². The summed E-state index contributed by atoms with van der Waals surface area (Å²) in [6.07, 6.45) is 2.37. The van der Waals surface area contributed by atoms with Crippen LogP contribution in [0.3, 0.4) is 0 Å². The molecule has 0 aliphatic heterocycles. The number of carbonyl (C=O) groups excluding carboxylic acids is 1. The standard InChI is InChI=1S/C23H17Cl2N3O/c1-2-19-21(15-29)27-28(22-12-11-18(24)14-20(22)25)23(19)17-9-7-16(8-10-17)6-4-3-5-13-26/h7-12,14-15H,2-3,5H2,1H3. The molecule has 0 atom stereocenters. The Kier molecular flexibility index (Phi) is 6.73. The van der Waals surface area contributed by atoms with Gasteiger partial charge in [0.1, 0.15) is 5.69 Å². The highest BCUT2D eigenvalue weighted by molar-refractivity contribution is 6.35. The average molecular weight is 422 g/mol. The van der Waals surface area contributed by atoms with Gasteiger partial charge in [0.15, 0.2) is 6.29 Å². The van der Waals surface area contributed by atoms with Crippen LogP contribution in [0.2, 0.25) is 10.0 Å². The summed E-state index contributed by atoms with van der Waals surface area (Å²) in [5.74, 6) is 6.03. The summed E-state index contributed by atoms with van der Waals surface area (Å²) in [7, 11) is 0. The summed E-state index contributed by atoms with van der Waals surface area (Å²) in [4.78, 5) is 11.6. The number of carbonyl (C=O) groups is 1. The van der Waals surface area contributed by atoms with Gasteiger partial charge in [-0.2, -0.15) is 10.4 Å². The van der Waals surface area contributed by atoms with Crippen LogP contribution in [0.25, 0.3) is 16.9 Å². The van der Waals surface area contributed by atoms with E-state index in [0.717, 1.165) is 28.7 Å². The zero-order valence-corrected chi connectivity index (χ0v) is 17.3. The molecule has 0 radical (unpaired) electrons. The highest BCUT2D eigenvalue weighted by atomic mass is 35.5. The summed E-state index contributed by atoms with van der Waals surface area (Å²) < 4.78 is 1.69. The van der Waals surface area contributed by atoms with Gasteiger partial charge < -0.3 is 0 Å². The van der Waals surface area contributed by atoms with Gasteiger partial charge in [-0.25, -0.2) is 4.68 Å². The van der Waals surface area contributed by atoms with Crippen molar-refractivity contribution in [2.45, 2.75) is 26.2 Å². The molecule has 0 aliphatic rings. The third kappa shape index (κ3) is 4.51. The molecule has 0 fully saturated rings. The largest absolute Gasteiger partial charge is 0.296 e. The molecule has 1 aromatic heterocycles. The van der Waals surface area contributed by atoms with Crippen LogP contribution >= 0.6 is 23.2 Å². The van der Waals surface area contributed by atoms with Gasteiger partial charge in [-0.15, -0.1) is 0 Å². The number of unbranched alkanes of at least 4 members (excludes halogenated alkanes) is 1. The zero-order valence-electron chi connectivity index (χ0n) is 15.7. The summed E-state index contributed by atoms with van der Waals surface area (Å²) in [6, 6.07) is 15.0. The molecule has 0 bridgehead atoms. The third-order valence-corrected chi connectivity index (χ3v) is 4.91. The van der Waals surface area contributed by atoms with Crippen molar-refractivity contribution in [1.29, 1.82) is 5.26 Å². The van der Waals surface area contributed by atoms with E-state index in [-0.39, 0.29) is 0 Å². The molecule has 3 aromatic rings. The van der Waals surface area contributed by atoms with Crippen molar-refractivity contribution in [1.82, 2.24) is 9.78 Å². The smallest absolute Gasteiger partial charge is 0.170 e. The van der Waals surface area contributed by atoms with E-state index in [9.17, 15) is 4.79 Å². The first kappa shape index (κ1) is 20.7. The number of aromatic nitrogens is 2. The van der Waals surface area contributed by atoms with Crippen LogP contribution in [-0.2, 0) is 6.42 Å². The Balaban J connectivity index is 2.10. The average Bonchev–Trinajstić information content (AvgIpc) is 3.10. The number of hydrogen-bond donors (Lipinski definition) is 0. The predicted molar refractivity (Wildman–Crippen MR) is 116 cm³/mol. The van der Waals surface area contributed by atoms with Gasteiger partial charge in [-0.1, -0.05) is 54.1 Å². The lowest BCUT2D eigenvalue weighted by atomic mass is 10.0. The van der Waals surface area contributed by atoms with Crippen molar-refractivity contribution in [2.75, 3.05) is 0 Å². The lowest BCUT2D eigenvalue weighted by Gasteiger charge is -2.11. The van der Waals surface area contributed by atoms with Crippen LogP contribution in [0.1, 0.15) is 41.4 Å². The molecule has 4 nitrogen and oxygen atoms in total. The van der Waals surface area contributed by atoms with Crippen LogP contribution in [0.15, 0.2) is 42.5 Å². The lowest BCUT2D eigenvalue weighted by Crippen LogP contribution is -2.01. The van der Waals surface area contributed by atoms with Gasteiger partial charge in [-0.05, 0) is 36.8 Å². The van der Waals surface area contributed by atoms with Gasteiger partial charge in [-0.3, -0.25) is 4.79 Å². The second-order valence-corrected chi connectivity index (χ2v) is 7.07. The molecule has 2 aromatic carbocycles. The second kappa shape index (κ2) is 9.43. The topological polar surface area (TPSA) is 58.7 Å². The molecule has 0 spiro atoms. The highest BCUT2D eigenvalue weighted by Gasteiger charge is 2.20. The van der Waals surface area contributed by atoms with Crippen LogP contribution in [0.5, 0.6) is 0 Å². The van der Waals surface area contributed by atoms with E-state index in [1.54, 1.807) is 22.9 Å². The molecule has 0 saturated carbocycles. The van der Waals surface area contributed by atoms with E-state index in [1.165, 1.54) is 0 Å². The van der Waals surface area contributed by atoms with Gasteiger partial charge in [0, 0.05) is 34.6 Å². The van der Waals surface area contributed by atoms with E-state index in [4.69, 9.17) is 28.5 Å². The summed E-state index contributed by atoms with van der Waals surface area (Å²) in [5, 5.41) is 14.0. The Morgan fingerprint density at radius 3 is 2.52 bits per heavy atom. The molecule has 0 amide bonds. The maximum Gasteiger partial charge on any atom is 0.170 e. The van der Waals surface area contributed by atoms with E-state index in [0.29, 0.717) is 40.7 Å². The molecule has 0 unspecified atom stereocenters. The van der Waals surface area contributed by atoms with E-state index < -0.39 is 0 Å². The minimum atomic E-state index is 0.383. The SMILES string of the molecule is CCc1c(C=O)nn(-c2ccc(Cl)cc2Cl)c1-c1ccc(C#CCCC#N)cc1. The number of nitrogens with zero attached hydrogens (tertiary/aromatic N) is 3. The number of aldehydes is 1. The first-order chi connectivity index (χ1) is 14.1. The number of rotatable bonds is 5. The monoisotopic (exact) mass is 421 g/mol. The van der Waals surface area contributed by atoms with Gasteiger partial charge in [0.05, 0.1) is 22.5 Å². The van der Waals surface area contributed by atoms with Crippen LogP contribution < -0.4 is 0 Å². The molecule has 3 rings (SSSR count). The highest BCUT2D eigenvalue weighted by Crippen LogP contribution is 2.33. The molecule has 0 aliphatic carbocycles. The normalized spacial score (nSPS) is 10.1. The Morgan fingerprint density at radius 1 is 1.14 bits per heavy atom. The fourth-order valence-electron chi connectivity index (χ4n) is 3.03. The quantitative estimate of drug-likeness (QED) is 0.293. The summed E-state index contributed by atoms with van der Waals surface area (Å²) >= 11 is 12.4. The first-order valence-electron chi connectivity index (χ1n) is 9.07. The van der Waals surface area contributed by atoms with Gasteiger partial charge in [0.2, 0.25) is 0 Å². The van der Waals surface area contributed by atoms with Crippen molar-refractivity contribution < 1.29 is 4.79 Å². The lowest BCUT2D eigenvalue weighted by molar-refractivity contribution is 0.111. The Hall–Kier alpha value is -3.05. The van der Waals surface area contributed by atoms with Crippen molar-refractivity contribution in [2.24, 2.45) is 0 Å². The maximum absolute atomic E-state index is 11.6. The molecule has 144 valence electrons. The molecule has 0 N–H and O–H groups in total. The summed E-state index contributed by atoms with van der Waals surface area (Å²) in [6.45, 7) is 1.98. The Morgan fingerprint density at radius 2 is 1.90 bits per heavy atom. The molecule has 0 saturated heterocycles. The minimum absolute atomic E-state index is 0.383. The second-order valence-electron chi connectivity index (χ2n) is 6.23.